The summed E-state index contributed by atoms with van der Waals surface area (Å²) in [5.41, 5.74) is 7.98. The van der Waals surface area contributed by atoms with E-state index in [2.05, 4.69) is 61.2 Å². The number of nitrogens with one attached hydrogen (secondary N) is 1. The van der Waals surface area contributed by atoms with Crippen LogP contribution in [0.3, 0.4) is 0 Å². The van der Waals surface area contributed by atoms with Gasteiger partial charge in [-0.25, -0.2) is 0 Å². The Morgan fingerprint density at radius 1 is 1.24 bits per heavy atom. The number of halogens is 1. The van der Waals surface area contributed by atoms with Crippen LogP contribution in [0.5, 0.6) is 0 Å². The highest BCUT2D eigenvalue weighted by Gasteiger charge is 2.23. The van der Waals surface area contributed by atoms with E-state index in [1.54, 1.807) is 0 Å². The van der Waals surface area contributed by atoms with Crippen molar-refractivity contribution in [2.75, 3.05) is 14.1 Å². The lowest BCUT2D eigenvalue weighted by atomic mass is 9.83. The summed E-state index contributed by atoms with van der Waals surface area (Å²) in [5.74, 6) is 0. The topological polar surface area (TPSA) is 31.9 Å². The average Bonchev–Trinajstić information content (AvgIpc) is 2.77. The van der Waals surface area contributed by atoms with Crippen molar-refractivity contribution >= 4 is 12.4 Å². The summed E-state index contributed by atoms with van der Waals surface area (Å²) in [7, 11) is 4.37. The van der Waals surface area contributed by atoms with Crippen molar-refractivity contribution in [3.05, 3.63) is 40.7 Å². The van der Waals surface area contributed by atoms with Gasteiger partial charge in [0.05, 0.1) is 5.69 Å². The Hall–Kier alpha value is -1.32. The molecule has 0 spiro atoms. The summed E-state index contributed by atoms with van der Waals surface area (Å²) in [6.45, 7) is 4.20. The van der Waals surface area contributed by atoms with E-state index in [1.165, 1.54) is 40.8 Å². The van der Waals surface area contributed by atoms with Crippen LogP contribution < -0.4 is 0 Å². The lowest BCUT2D eigenvalue weighted by Crippen LogP contribution is -2.33. The molecule has 0 saturated heterocycles. The number of aryl methyl sites for hydroxylation is 2. The largest absolute Gasteiger partial charge is 0.306 e. The van der Waals surface area contributed by atoms with Gasteiger partial charge in [-0.05, 0) is 63.9 Å². The van der Waals surface area contributed by atoms with Crippen LogP contribution in [0, 0.1) is 13.8 Å². The summed E-state index contributed by atoms with van der Waals surface area (Å²) >= 11 is 0. The van der Waals surface area contributed by atoms with Crippen molar-refractivity contribution < 1.29 is 0 Å². The van der Waals surface area contributed by atoms with Crippen molar-refractivity contribution in [1.29, 1.82) is 0 Å². The van der Waals surface area contributed by atoms with E-state index in [-0.39, 0.29) is 12.4 Å². The third-order valence-corrected chi connectivity index (χ3v) is 4.58. The predicted molar refractivity (Wildman–Crippen MR) is 90.2 cm³/mol. The first-order chi connectivity index (χ1) is 9.58. The quantitative estimate of drug-likeness (QED) is 0.920. The molecular formula is C17H24ClN3. The third kappa shape index (κ3) is 2.85. The number of nitrogens with zero attached hydrogens (tertiary/aromatic N) is 2. The average molecular weight is 306 g/mol. The number of aromatic amines is 1. The van der Waals surface area contributed by atoms with Crippen molar-refractivity contribution in [2.45, 2.75) is 39.2 Å². The molecule has 1 atom stereocenters. The number of fused-ring (bicyclic) bond motifs is 1. The summed E-state index contributed by atoms with van der Waals surface area (Å²) in [5, 5.41) is 7.46. The fourth-order valence-electron chi connectivity index (χ4n) is 3.41. The molecule has 1 aromatic carbocycles. The standard InChI is InChI=1S/C17H23N3.ClH/c1-11-17(12(2)19-18-11)16-7-5-6-13-10-14(20(3)4)8-9-15(13)16;/h5-7,14H,8-10H2,1-4H3,(H,18,19);1H/t14-;/m0./s1. The Labute approximate surface area is 133 Å². The monoisotopic (exact) mass is 305 g/mol. The summed E-state index contributed by atoms with van der Waals surface area (Å²) in [4.78, 5) is 2.35. The first-order valence-electron chi connectivity index (χ1n) is 7.37. The van der Waals surface area contributed by atoms with Gasteiger partial charge >= 0.3 is 0 Å². The van der Waals surface area contributed by atoms with Crippen LogP contribution in [0.1, 0.15) is 28.9 Å². The fraction of sp³-hybridized carbons (Fsp3) is 0.471. The smallest absolute Gasteiger partial charge is 0.0672 e. The molecule has 1 N–H and O–H groups in total. The highest BCUT2D eigenvalue weighted by Crippen LogP contribution is 2.34. The zero-order valence-electron chi connectivity index (χ0n) is 13.2. The van der Waals surface area contributed by atoms with Gasteiger partial charge in [-0.3, -0.25) is 5.10 Å². The normalized spacial score (nSPS) is 17.5. The molecule has 3 nitrogen and oxygen atoms in total. The minimum Gasteiger partial charge on any atom is -0.306 e. The Balaban J connectivity index is 0.00000161. The van der Waals surface area contributed by atoms with E-state index in [0.717, 1.165) is 12.1 Å². The number of rotatable bonds is 2. The number of hydrogen-bond donors (Lipinski definition) is 1. The third-order valence-electron chi connectivity index (χ3n) is 4.58. The fourth-order valence-corrected chi connectivity index (χ4v) is 3.41. The van der Waals surface area contributed by atoms with Gasteiger partial charge in [0.2, 0.25) is 0 Å². The molecular weight excluding hydrogens is 282 g/mol. The summed E-state index contributed by atoms with van der Waals surface area (Å²) in [6.07, 6.45) is 3.57. The van der Waals surface area contributed by atoms with Crippen LogP contribution in [-0.2, 0) is 12.8 Å². The number of benzene rings is 1. The molecule has 1 aromatic heterocycles. The van der Waals surface area contributed by atoms with Crippen molar-refractivity contribution in [1.82, 2.24) is 15.1 Å². The van der Waals surface area contributed by atoms with Gasteiger partial charge in [-0.15, -0.1) is 12.4 Å². The van der Waals surface area contributed by atoms with Gasteiger partial charge in [-0.1, -0.05) is 18.2 Å². The number of hydrogen-bond acceptors (Lipinski definition) is 2. The van der Waals surface area contributed by atoms with Crippen LogP contribution >= 0.6 is 12.4 Å². The van der Waals surface area contributed by atoms with Crippen LogP contribution in [0.4, 0.5) is 0 Å². The molecule has 1 aliphatic carbocycles. The Morgan fingerprint density at radius 2 is 2.00 bits per heavy atom. The van der Waals surface area contributed by atoms with Crippen LogP contribution in [0.2, 0.25) is 0 Å². The zero-order chi connectivity index (χ0) is 14.3. The lowest BCUT2D eigenvalue weighted by molar-refractivity contribution is 0.268. The Morgan fingerprint density at radius 3 is 2.62 bits per heavy atom. The lowest BCUT2D eigenvalue weighted by Gasteiger charge is -2.31. The van der Waals surface area contributed by atoms with Crippen molar-refractivity contribution in [2.24, 2.45) is 0 Å². The van der Waals surface area contributed by atoms with E-state index >= 15 is 0 Å². The maximum absolute atomic E-state index is 4.35. The summed E-state index contributed by atoms with van der Waals surface area (Å²) in [6, 6.07) is 7.40. The number of aromatic nitrogens is 2. The van der Waals surface area contributed by atoms with Gasteiger partial charge in [0, 0.05) is 17.3 Å². The molecule has 0 radical (unpaired) electrons. The minimum absolute atomic E-state index is 0. The number of likely N-dealkylation sites (N-methyl/N-ethyl adjacent to an activating group) is 1. The SMILES string of the molecule is Cc1n[nH]c(C)c1-c1cccc2c1CC[C@H](N(C)C)C2.Cl. The molecule has 0 aliphatic heterocycles. The van der Waals surface area contributed by atoms with Crippen molar-refractivity contribution in [3.63, 3.8) is 0 Å². The van der Waals surface area contributed by atoms with Gasteiger partial charge in [0.15, 0.2) is 0 Å². The van der Waals surface area contributed by atoms with E-state index in [9.17, 15) is 0 Å². The Kier molecular flexibility index (Phi) is 4.74. The molecule has 2 aromatic rings. The van der Waals surface area contributed by atoms with Crippen LogP contribution in [-0.4, -0.2) is 35.2 Å². The molecule has 3 rings (SSSR count). The second-order valence-corrected chi connectivity index (χ2v) is 6.11. The van der Waals surface area contributed by atoms with Crippen molar-refractivity contribution in [3.8, 4) is 11.1 Å². The predicted octanol–water partition coefficient (Wildman–Crippen LogP) is 3.53. The second kappa shape index (κ2) is 6.20. The molecule has 0 saturated carbocycles. The van der Waals surface area contributed by atoms with E-state index in [0.29, 0.717) is 6.04 Å². The maximum Gasteiger partial charge on any atom is 0.0672 e. The molecule has 0 bridgehead atoms. The van der Waals surface area contributed by atoms with E-state index in [1.807, 2.05) is 0 Å². The molecule has 1 aliphatic rings. The molecule has 4 heteroatoms. The zero-order valence-corrected chi connectivity index (χ0v) is 14.0. The Bertz CT molecular complexity index is 611. The molecule has 0 unspecified atom stereocenters. The van der Waals surface area contributed by atoms with Gasteiger partial charge in [0.25, 0.3) is 0 Å². The van der Waals surface area contributed by atoms with E-state index in [4.69, 9.17) is 0 Å². The molecule has 114 valence electrons. The van der Waals surface area contributed by atoms with Gasteiger partial charge in [0.1, 0.15) is 0 Å². The van der Waals surface area contributed by atoms with Crippen LogP contribution in [0.15, 0.2) is 18.2 Å². The first kappa shape index (κ1) is 16.1. The minimum atomic E-state index is 0. The molecule has 0 amide bonds. The van der Waals surface area contributed by atoms with E-state index < -0.39 is 0 Å². The maximum atomic E-state index is 4.35. The number of H-pyrrole nitrogens is 1. The molecule has 0 fully saturated rings. The molecule has 21 heavy (non-hydrogen) atoms. The molecule has 1 heterocycles. The first-order valence-corrected chi connectivity index (χ1v) is 7.37. The highest BCUT2D eigenvalue weighted by molar-refractivity contribution is 5.85. The summed E-state index contributed by atoms with van der Waals surface area (Å²) < 4.78 is 0. The highest BCUT2D eigenvalue weighted by atomic mass is 35.5. The second-order valence-electron chi connectivity index (χ2n) is 6.11. The van der Waals surface area contributed by atoms with Gasteiger partial charge in [-0.2, -0.15) is 5.10 Å². The van der Waals surface area contributed by atoms with Crippen LogP contribution in [0.25, 0.3) is 11.1 Å². The van der Waals surface area contributed by atoms with Gasteiger partial charge < -0.3 is 4.90 Å².